The lowest BCUT2D eigenvalue weighted by Crippen LogP contribution is -2.40. The number of halogens is 4. The maximum atomic E-state index is 12.9. The number of hydrogen-bond acceptors (Lipinski definition) is 7. The van der Waals surface area contributed by atoms with E-state index in [9.17, 15) is 22.8 Å². The monoisotopic (exact) mass is 596 g/mol. The van der Waals surface area contributed by atoms with E-state index in [0.29, 0.717) is 55.8 Å². The van der Waals surface area contributed by atoms with E-state index < -0.39 is 24.1 Å². The number of aromatic nitrogens is 4. The molecule has 14 heteroatoms. The summed E-state index contributed by atoms with van der Waals surface area (Å²) in [5.41, 5.74) is 0.372. The molecule has 202 valence electrons. The molecule has 2 amide bonds. The average Bonchev–Trinajstić information content (AvgIpc) is 3.32. The highest BCUT2D eigenvalue weighted by Gasteiger charge is 2.31. The van der Waals surface area contributed by atoms with Crippen LogP contribution >= 0.6 is 15.9 Å². The van der Waals surface area contributed by atoms with Crippen molar-refractivity contribution in [3.05, 3.63) is 63.8 Å². The van der Waals surface area contributed by atoms with E-state index in [2.05, 4.69) is 41.1 Å². The zero-order valence-electron chi connectivity index (χ0n) is 20.5. The molecule has 1 atom stereocenters. The van der Waals surface area contributed by atoms with Crippen molar-refractivity contribution in [2.75, 3.05) is 26.3 Å². The van der Waals surface area contributed by atoms with Crippen molar-refractivity contribution in [2.45, 2.75) is 32.7 Å². The third-order valence-corrected chi connectivity index (χ3v) is 6.06. The SMILES string of the molecule is CCc1nc([C@H](C)NC(=O)c2cc(Br)cc(OC(F)(F)F)c2)n(-c2ccc(C(=O)N3CCOCC3)cn2)n1. The maximum Gasteiger partial charge on any atom is 0.573 e. The van der Waals surface area contributed by atoms with Gasteiger partial charge in [-0.2, -0.15) is 4.68 Å². The minimum Gasteiger partial charge on any atom is -0.406 e. The molecule has 38 heavy (non-hydrogen) atoms. The van der Waals surface area contributed by atoms with Gasteiger partial charge in [0, 0.05) is 35.7 Å². The molecule has 1 aliphatic heterocycles. The predicted octanol–water partition coefficient (Wildman–Crippen LogP) is 3.85. The first-order chi connectivity index (χ1) is 18.0. The van der Waals surface area contributed by atoms with E-state index in [-0.39, 0.29) is 15.9 Å². The molecule has 10 nitrogen and oxygen atoms in total. The van der Waals surface area contributed by atoms with Crippen LogP contribution in [0.1, 0.15) is 52.3 Å². The summed E-state index contributed by atoms with van der Waals surface area (Å²) < 4.78 is 48.9. The van der Waals surface area contributed by atoms with E-state index in [0.717, 1.165) is 12.1 Å². The Labute approximate surface area is 224 Å². The summed E-state index contributed by atoms with van der Waals surface area (Å²) in [6.45, 7) is 5.52. The van der Waals surface area contributed by atoms with Gasteiger partial charge in [-0.3, -0.25) is 9.59 Å². The Morgan fingerprint density at radius 2 is 1.92 bits per heavy atom. The lowest BCUT2D eigenvalue weighted by molar-refractivity contribution is -0.274. The summed E-state index contributed by atoms with van der Waals surface area (Å²) in [4.78, 5) is 36.2. The number of morpholine rings is 1. The van der Waals surface area contributed by atoms with Crippen LogP contribution in [-0.2, 0) is 11.2 Å². The molecule has 1 saturated heterocycles. The molecule has 0 unspecified atom stereocenters. The van der Waals surface area contributed by atoms with Crippen LogP contribution in [-0.4, -0.2) is 69.1 Å². The minimum atomic E-state index is -4.90. The van der Waals surface area contributed by atoms with Gasteiger partial charge in [-0.1, -0.05) is 22.9 Å². The highest BCUT2D eigenvalue weighted by Crippen LogP contribution is 2.27. The number of amides is 2. The molecular weight excluding hydrogens is 573 g/mol. The Morgan fingerprint density at radius 1 is 1.18 bits per heavy atom. The number of rotatable bonds is 7. The standard InChI is InChI=1S/C24H24BrF3N6O4/c1-3-19-31-21(14(2)30-22(35)16-10-17(25)12-18(11-16)38-24(26,27)28)34(32-19)20-5-4-15(13-29-20)23(36)33-6-8-37-9-7-33/h4-5,10-14H,3,6-9H2,1-2H3,(H,30,35)/t14-/m0/s1. The van der Waals surface area contributed by atoms with Crippen LogP contribution < -0.4 is 10.1 Å². The lowest BCUT2D eigenvalue weighted by atomic mass is 10.2. The Morgan fingerprint density at radius 3 is 2.55 bits per heavy atom. The van der Waals surface area contributed by atoms with Gasteiger partial charge in [0.1, 0.15) is 5.75 Å². The lowest BCUT2D eigenvalue weighted by Gasteiger charge is -2.26. The molecule has 0 aliphatic carbocycles. The van der Waals surface area contributed by atoms with Crippen LogP contribution in [0.3, 0.4) is 0 Å². The molecule has 0 saturated carbocycles. The van der Waals surface area contributed by atoms with Gasteiger partial charge in [-0.05, 0) is 37.3 Å². The summed E-state index contributed by atoms with van der Waals surface area (Å²) in [6, 6.07) is 6.06. The minimum absolute atomic E-state index is 0.0450. The van der Waals surface area contributed by atoms with Crippen LogP contribution in [0.4, 0.5) is 13.2 Å². The van der Waals surface area contributed by atoms with E-state index in [4.69, 9.17) is 4.74 Å². The first-order valence-electron chi connectivity index (χ1n) is 11.7. The molecule has 0 spiro atoms. The number of ether oxygens (including phenoxy) is 2. The van der Waals surface area contributed by atoms with Crippen LogP contribution in [0, 0.1) is 0 Å². The average molecular weight is 597 g/mol. The predicted molar refractivity (Wildman–Crippen MR) is 132 cm³/mol. The van der Waals surface area contributed by atoms with Gasteiger partial charge in [0.05, 0.1) is 24.8 Å². The fourth-order valence-corrected chi connectivity index (χ4v) is 4.26. The normalized spacial score (nSPS) is 14.7. The number of nitrogens with one attached hydrogen (secondary N) is 1. The molecule has 1 N–H and O–H groups in total. The number of carbonyl (C=O) groups excluding carboxylic acids is 2. The topological polar surface area (TPSA) is 111 Å². The van der Waals surface area contributed by atoms with Gasteiger partial charge in [-0.25, -0.2) is 9.97 Å². The van der Waals surface area contributed by atoms with Crippen molar-refractivity contribution < 1.29 is 32.2 Å². The van der Waals surface area contributed by atoms with E-state index in [1.807, 2.05) is 6.92 Å². The zero-order chi connectivity index (χ0) is 27.4. The van der Waals surface area contributed by atoms with Crippen molar-refractivity contribution >= 4 is 27.7 Å². The van der Waals surface area contributed by atoms with Crippen molar-refractivity contribution in [1.82, 2.24) is 30.0 Å². The summed E-state index contributed by atoms with van der Waals surface area (Å²) in [5.74, 6) is -0.0784. The molecule has 0 radical (unpaired) electrons. The number of alkyl halides is 3. The molecular formula is C24H24BrF3N6O4. The molecule has 1 fully saturated rings. The molecule has 3 heterocycles. The Bertz CT molecular complexity index is 1310. The first-order valence-corrected chi connectivity index (χ1v) is 12.5. The van der Waals surface area contributed by atoms with Gasteiger partial charge >= 0.3 is 6.36 Å². The summed E-state index contributed by atoms with van der Waals surface area (Å²) in [6.07, 6.45) is -2.93. The van der Waals surface area contributed by atoms with E-state index in [1.54, 1.807) is 24.0 Å². The van der Waals surface area contributed by atoms with E-state index in [1.165, 1.54) is 16.9 Å². The number of benzene rings is 1. The highest BCUT2D eigenvalue weighted by molar-refractivity contribution is 9.10. The van der Waals surface area contributed by atoms with E-state index >= 15 is 0 Å². The second kappa shape index (κ2) is 11.5. The molecule has 4 rings (SSSR count). The quantitative estimate of drug-likeness (QED) is 0.441. The van der Waals surface area contributed by atoms with Gasteiger partial charge < -0.3 is 19.7 Å². The number of carbonyl (C=O) groups is 2. The maximum absolute atomic E-state index is 12.9. The Hall–Kier alpha value is -3.52. The number of aryl methyl sites for hydroxylation is 1. The van der Waals surface area contributed by atoms with Crippen LogP contribution in [0.15, 0.2) is 41.0 Å². The largest absolute Gasteiger partial charge is 0.573 e. The van der Waals surface area contributed by atoms with Crippen LogP contribution in [0.2, 0.25) is 0 Å². The number of hydrogen-bond donors (Lipinski definition) is 1. The third kappa shape index (κ3) is 6.67. The highest BCUT2D eigenvalue weighted by atomic mass is 79.9. The van der Waals surface area contributed by atoms with Crippen molar-refractivity contribution in [3.8, 4) is 11.6 Å². The smallest absolute Gasteiger partial charge is 0.406 e. The van der Waals surface area contributed by atoms with Crippen LogP contribution in [0.5, 0.6) is 5.75 Å². The summed E-state index contributed by atoms with van der Waals surface area (Å²) >= 11 is 3.10. The van der Waals surface area contributed by atoms with Gasteiger partial charge in [-0.15, -0.1) is 18.3 Å². The Kier molecular flexibility index (Phi) is 8.31. The third-order valence-electron chi connectivity index (χ3n) is 5.60. The molecule has 2 aromatic heterocycles. The second-order valence-electron chi connectivity index (χ2n) is 8.38. The van der Waals surface area contributed by atoms with Crippen molar-refractivity contribution in [2.24, 2.45) is 0 Å². The molecule has 0 bridgehead atoms. The Balaban J connectivity index is 1.54. The summed E-state index contributed by atoms with van der Waals surface area (Å²) in [5, 5.41) is 7.19. The summed E-state index contributed by atoms with van der Waals surface area (Å²) in [7, 11) is 0. The molecule has 3 aromatic rings. The van der Waals surface area contributed by atoms with Crippen LogP contribution in [0.25, 0.3) is 5.82 Å². The van der Waals surface area contributed by atoms with Crippen molar-refractivity contribution in [3.63, 3.8) is 0 Å². The molecule has 1 aromatic carbocycles. The number of pyridine rings is 1. The van der Waals surface area contributed by atoms with Gasteiger partial charge in [0.2, 0.25) is 0 Å². The zero-order valence-corrected chi connectivity index (χ0v) is 22.0. The molecule has 1 aliphatic rings. The number of nitrogens with zero attached hydrogens (tertiary/aromatic N) is 5. The fraction of sp³-hybridized carbons (Fsp3) is 0.375. The fourth-order valence-electron chi connectivity index (χ4n) is 3.78. The van der Waals surface area contributed by atoms with Crippen molar-refractivity contribution in [1.29, 1.82) is 0 Å². The van der Waals surface area contributed by atoms with Gasteiger partial charge in [0.25, 0.3) is 11.8 Å². The first kappa shape index (κ1) is 27.5. The van der Waals surface area contributed by atoms with Gasteiger partial charge in [0.15, 0.2) is 17.5 Å². The second-order valence-corrected chi connectivity index (χ2v) is 9.30.